The fourth-order valence-corrected chi connectivity index (χ4v) is 4.55. The highest BCUT2D eigenvalue weighted by atomic mass is 32.1. The van der Waals surface area contributed by atoms with Crippen LogP contribution in [-0.4, -0.2) is 45.4 Å². The van der Waals surface area contributed by atoms with Crippen molar-refractivity contribution in [3.05, 3.63) is 58.9 Å². The molecule has 0 aliphatic rings. The fraction of sp³-hybridized carbons (Fsp3) is 0.346. The van der Waals surface area contributed by atoms with Crippen LogP contribution in [0.1, 0.15) is 60.6 Å². The number of rotatable bonds is 12. The number of hydrogen-bond donors (Lipinski definition) is 3. The van der Waals surface area contributed by atoms with Crippen LogP contribution in [0.4, 0.5) is 0 Å². The molecule has 0 saturated carbocycles. The zero-order valence-electron chi connectivity index (χ0n) is 20.4. The number of H-pyrrole nitrogens is 1. The number of benzene rings is 1. The smallest absolute Gasteiger partial charge is 0.263 e. The molecule has 1 unspecified atom stereocenters. The van der Waals surface area contributed by atoms with Crippen molar-refractivity contribution in [1.29, 1.82) is 0 Å². The molecule has 0 bridgehead atoms. The Kier molecular flexibility index (Phi) is 8.62. The third kappa shape index (κ3) is 6.25. The van der Waals surface area contributed by atoms with E-state index in [2.05, 4.69) is 30.6 Å². The number of amides is 2. The Hall–Kier alpha value is -3.79. The summed E-state index contributed by atoms with van der Waals surface area (Å²) in [5, 5.41) is 6.90. The van der Waals surface area contributed by atoms with Crippen molar-refractivity contribution in [3.63, 3.8) is 0 Å². The molecule has 4 aromatic rings. The van der Waals surface area contributed by atoms with E-state index in [9.17, 15) is 9.59 Å². The zero-order chi connectivity index (χ0) is 25.3. The van der Waals surface area contributed by atoms with Gasteiger partial charge in [-0.2, -0.15) is 0 Å². The van der Waals surface area contributed by atoms with E-state index in [0.29, 0.717) is 36.0 Å². The number of nitrogens with zero attached hydrogens (tertiary/aromatic N) is 3. The number of imidazole rings is 1. The van der Waals surface area contributed by atoms with Crippen LogP contribution in [0.15, 0.2) is 48.2 Å². The van der Waals surface area contributed by atoms with Gasteiger partial charge < -0.3 is 20.4 Å². The van der Waals surface area contributed by atoms with E-state index in [1.54, 1.807) is 25.0 Å². The quantitative estimate of drug-likeness (QED) is 0.241. The van der Waals surface area contributed by atoms with E-state index in [4.69, 9.17) is 4.74 Å². The van der Waals surface area contributed by atoms with Gasteiger partial charge >= 0.3 is 0 Å². The van der Waals surface area contributed by atoms with E-state index in [1.807, 2.05) is 37.3 Å². The van der Waals surface area contributed by atoms with Crippen LogP contribution in [0.5, 0.6) is 5.88 Å². The Morgan fingerprint density at radius 1 is 1.17 bits per heavy atom. The van der Waals surface area contributed by atoms with Crippen LogP contribution in [0, 0.1) is 0 Å². The van der Waals surface area contributed by atoms with Crippen LogP contribution in [0.25, 0.3) is 22.2 Å². The molecule has 2 amide bonds. The Balaban J connectivity index is 1.52. The van der Waals surface area contributed by atoms with Gasteiger partial charge in [0, 0.05) is 18.4 Å². The number of thiazole rings is 1. The molecule has 0 aliphatic carbocycles. The molecule has 4 rings (SSSR count). The molecule has 0 radical (unpaired) electrons. The van der Waals surface area contributed by atoms with Gasteiger partial charge in [-0.25, -0.2) is 9.97 Å². The van der Waals surface area contributed by atoms with Crippen LogP contribution in [-0.2, 0) is 4.79 Å². The Morgan fingerprint density at radius 3 is 2.81 bits per heavy atom. The first-order valence-electron chi connectivity index (χ1n) is 12.0. The van der Waals surface area contributed by atoms with Crippen LogP contribution in [0.2, 0.25) is 0 Å². The van der Waals surface area contributed by atoms with Gasteiger partial charge in [0.15, 0.2) is 0 Å². The molecular weight excluding hydrogens is 476 g/mol. The molecule has 188 valence electrons. The first kappa shape index (κ1) is 25.3. The molecule has 0 aliphatic heterocycles. The van der Waals surface area contributed by atoms with Gasteiger partial charge in [0.25, 0.3) is 5.91 Å². The van der Waals surface area contributed by atoms with Gasteiger partial charge in [0.2, 0.25) is 11.8 Å². The molecule has 9 nitrogen and oxygen atoms in total. The summed E-state index contributed by atoms with van der Waals surface area (Å²) in [6.45, 7) is 2.55. The molecule has 3 heterocycles. The number of para-hydroxylation sites is 1. The summed E-state index contributed by atoms with van der Waals surface area (Å²) >= 11 is 1.29. The number of hydrogen-bond acceptors (Lipinski definition) is 7. The Labute approximate surface area is 213 Å². The third-order valence-corrected chi connectivity index (χ3v) is 6.60. The summed E-state index contributed by atoms with van der Waals surface area (Å²) in [4.78, 5) is 41.7. The first-order valence-corrected chi connectivity index (χ1v) is 12.9. The number of nitrogens with one attached hydrogen (secondary N) is 3. The lowest BCUT2D eigenvalue weighted by molar-refractivity contribution is -0.121. The standard InChI is InChI=1S/C26H30N6O3S/c1-3-28-23(33)12-6-4-5-11-20(31-25(34)22-15-27-16-36-22)24-29-14-21(30-24)18-13-17-9-7-8-10-19(17)32-26(18)35-2/h7-10,13-16,20H,3-6,11-12H2,1-2H3,(H,28,33)(H,29,30)(H,31,34). The number of carbonyl (C=O) groups excluding carboxylic acids is 2. The normalized spacial score (nSPS) is 11.8. The van der Waals surface area contributed by atoms with Crippen molar-refractivity contribution in [2.24, 2.45) is 0 Å². The molecule has 36 heavy (non-hydrogen) atoms. The maximum absolute atomic E-state index is 12.8. The highest BCUT2D eigenvalue weighted by molar-refractivity contribution is 7.11. The molecule has 0 fully saturated rings. The number of ether oxygens (including phenoxy) is 1. The largest absolute Gasteiger partial charge is 0.480 e. The Morgan fingerprint density at radius 2 is 2.03 bits per heavy atom. The van der Waals surface area contributed by atoms with E-state index in [-0.39, 0.29) is 17.9 Å². The number of methoxy groups -OCH3 is 1. The van der Waals surface area contributed by atoms with Gasteiger partial charge in [-0.05, 0) is 31.9 Å². The number of carbonyl (C=O) groups is 2. The van der Waals surface area contributed by atoms with Crippen molar-refractivity contribution in [3.8, 4) is 17.1 Å². The van der Waals surface area contributed by atoms with Crippen molar-refractivity contribution in [2.75, 3.05) is 13.7 Å². The van der Waals surface area contributed by atoms with Gasteiger partial charge in [-0.3, -0.25) is 14.6 Å². The average Bonchev–Trinajstić information content (AvgIpc) is 3.60. The number of unbranched alkanes of at least 4 members (excludes halogenated alkanes) is 2. The minimum Gasteiger partial charge on any atom is -0.480 e. The van der Waals surface area contributed by atoms with E-state index in [0.717, 1.165) is 41.4 Å². The molecule has 1 atom stereocenters. The highest BCUT2D eigenvalue weighted by Crippen LogP contribution is 2.31. The highest BCUT2D eigenvalue weighted by Gasteiger charge is 2.21. The van der Waals surface area contributed by atoms with E-state index < -0.39 is 0 Å². The predicted molar refractivity (Wildman–Crippen MR) is 140 cm³/mol. The lowest BCUT2D eigenvalue weighted by Gasteiger charge is -2.16. The summed E-state index contributed by atoms with van der Waals surface area (Å²) in [7, 11) is 1.59. The second kappa shape index (κ2) is 12.3. The maximum Gasteiger partial charge on any atom is 0.263 e. The summed E-state index contributed by atoms with van der Waals surface area (Å²) in [6.07, 6.45) is 6.99. The molecule has 0 saturated heterocycles. The monoisotopic (exact) mass is 506 g/mol. The minimum atomic E-state index is -0.322. The van der Waals surface area contributed by atoms with Crippen molar-refractivity contribution < 1.29 is 14.3 Å². The van der Waals surface area contributed by atoms with Crippen molar-refractivity contribution >= 4 is 34.1 Å². The second-order valence-corrected chi connectivity index (χ2v) is 9.25. The second-order valence-electron chi connectivity index (χ2n) is 8.36. The van der Waals surface area contributed by atoms with Crippen molar-refractivity contribution in [2.45, 2.75) is 45.1 Å². The van der Waals surface area contributed by atoms with Gasteiger partial charge in [-0.1, -0.05) is 31.0 Å². The zero-order valence-corrected chi connectivity index (χ0v) is 21.2. The molecule has 1 aromatic carbocycles. The average molecular weight is 507 g/mol. The fourth-order valence-electron chi connectivity index (χ4n) is 4.03. The number of aromatic nitrogens is 4. The number of pyridine rings is 1. The molecule has 0 spiro atoms. The summed E-state index contributed by atoms with van der Waals surface area (Å²) in [5.41, 5.74) is 4.04. The summed E-state index contributed by atoms with van der Waals surface area (Å²) < 4.78 is 5.55. The molecule has 3 aromatic heterocycles. The van der Waals surface area contributed by atoms with E-state index >= 15 is 0 Å². The summed E-state index contributed by atoms with van der Waals surface area (Å²) in [6, 6.07) is 9.55. The van der Waals surface area contributed by atoms with Gasteiger partial charge in [0.05, 0.1) is 47.8 Å². The lowest BCUT2D eigenvalue weighted by atomic mass is 10.1. The lowest BCUT2D eigenvalue weighted by Crippen LogP contribution is -2.28. The third-order valence-electron chi connectivity index (χ3n) is 5.83. The van der Waals surface area contributed by atoms with Crippen LogP contribution in [0.3, 0.4) is 0 Å². The summed E-state index contributed by atoms with van der Waals surface area (Å²) in [5.74, 6) is 1.04. The number of fused-ring (bicyclic) bond motifs is 1. The van der Waals surface area contributed by atoms with Gasteiger partial charge in [-0.15, -0.1) is 11.3 Å². The maximum atomic E-state index is 12.8. The van der Waals surface area contributed by atoms with E-state index in [1.165, 1.54) is 11.3 Å². The van der Waals surface area contributed by atoms with Crippen molar-refractivity contribution in [1.82, 2.24) is 30.6 Å². The number of aromatic amines is 1. The first-order chi connectivity index (χ1) is 17.6. The molecule has 10 heteroatoms. The van der Waals surface area contributed by atoms with Crippen LogP contribution >= 0.6 is 11.3 Å². The minimum absolute atomic E-state index is 0.0705. The Bertz CT molecular complexity index is 1300. The topological polar surface area (TPSA) is 122 Å². The predicted octanol–water partition coefficient (Wildman–Crippen LogP) is 4.65. The molecule has 3 N–H and O–H groups in total. The SMILES string of the molecule is CCNC(=O)CCCCCC(NC(=O)c1cncs1)c1ncc(-c2cc3ccccc3nc2OC)[nH]1. The van der Waals surface area contributed by atoms with Crippen LogP contribution < -0.4 is 15.4 Å². The van der Waals surface area contributed by atoms with Gasteiger partial charge in [0.1, 0.15) is 10.7 Å². The molecular formula is C26H30N6O3S.